The Morgan fingerprint density at radius 1 is 1.17 bits per heavy atom. The number of aryl methyl sites for hydroxylation is 1. The number of guanidine groups is 1. The van der Waals surface area contributed by atoms with Crippen molar-refractivity contribution in [2.24, 2.45) is 15.7 Å². The number of anilines is 1. The maximum Gasteiger partial charge on any atom is 0.406 e. The van der Waals surface area contributed by atoms with Crippen molar-refractivity contribution in [3.63, 3.8) is 0 Å². The van der Waals surface area contributed by atoms with Crippen LogP contribution in [-0.4, -0.2) is 35.0 Å². The SMILES string of the molecule is CCN=C(/N=C(\N)c1ccc(-c2ccn(CC(F)(F)F)c2)cc1)Nc1cc2c(cc1C)C(=O)NC2C. The molecular weight excluding hydrogens is 469 g/mol. The van der Waals surface area contributed by atoms with Crippen LogP contribution in [0.25, 0.3) is 11.1 Å². The Morgan fingerprint density at radius 3 is 2.56 bits per heavy atom. The largest absolute Gasteiger partial charge is 0.406 e. The number of alkyl halides is 3. The molecule has 0 spiro atoms. The van der Waals surface area contributed by atoms with E-state index >= 15 is 0 Å². The zero-order valence-electron chi connectivity index (χ0n) is 20.1. The van der Waals surface area contributed by atoms with Crippen molar-refractivity contribution < 1.29 is 18.0 Å². The maximum atomic E-state index is 12.6. The van der Waals surface area contributed by atoms with E-state index in [2.05, 4.69) is 20.6 Å². The maximum absolute atomic E-state index is 12.6. The number of fused-ring (bicyclic) bond motifs is 1. The molecular formula is C26H27F3N6O. The van der Waals surface area contributed by atoms with Gasteiger partial charge in [-0.2, -0.15) is 18.2 Å². The van der Waals surface area contributed by atoms with Gasteiger partial charge in [0.1, 0.15) is 12.4 Å². The second kappa shape index (κ2) is 9.88. The quantitative estimate of drug-likeness (QED) is 0.342. The summed E-state index contributed by atoms with van der Waals surface area (Å²) in [5.74, 6) is 0.480. The lowest BCUT2D eigenvalue weighted by atomic mass is 10.0. The van der Waals surface area contributed by atoms with E-state index in [1.807, 2.05) is 32.9 Å². The van der Waals surface area contributed by atoms with Gasteiger partial charge >= 0.3 is 6.18 Å². The second-order valence-electron chi connectivity index (χ2n) is 8.63. The first kappa shape index (κ1) is 25.0. The van der Waals surface area contributed by atoms with Crippen LogP contribution in [0.15, 0.2) is 64.8 Å². The highest BCUT2D eigenvalue weighted by Gasteiger charge is 2.28. The van der Waals surface area contributed by atoms with Crippen LogP contribution < -0.4 is 16.4 Å². The average Bonchev–Trinajstić information content (AvgIpc) is 3.37. The predicted octanol–water partition coefficient (Wildman–Crippen LogP) is 5.02. The first-order valence-electron chi connectivity index (χ1n) is 11.5. The summed E-state index contributed by atoms with van der Waals surface area (Å²) in [7, 11) is 0. The van der Waals surface area contributed by atoms with Crippen molar-refractivity contribution in [2.45, 2.75) is 39.5 Å². The van der Waals surface area contributed by atoms with Crippen LogP contribution in [0, 0.1) is 6.92 Å². The lowest BCUT2D eigenvalue weighted by Gasteiger charge is -2.13. The lowest BCUT2D eigenvalue weighted by molar-refractivity contribution is -0.140. The number of aliphatic imine (C=N–C) groups is 2. The number of carbonyl (C=O) groups excluding carboxylic acids is 1. The highest BCUT2D eigenvalue weighted by Crippen LogP contribution is 2.30. The summed E-state index contributed by atoms with van der Waals surface area (Å²) >= 11 is 0. The Balaban J connectivity index is 1.53. The molecule has 0 radical (unpaired) electrons. The highest BCUT2D eigenvalue weighted by atomic mass is 19.4. The molecule has 4 rings (SSSR count). The third-order valence-corrected chi connectivity index (χ3v) is 5.86. The van der Waals surface area contributed by atoms with Gasteiger partial charge in [0.05, 0.1) is 6.04 Å². The number of nitrogens with two attached hydrogens (primary N) is 1. The molecule has 0 aliphatic carbocycles. The number of halogens is 3. The van der Waals surface area contributed by atoms with Crippen molar-refractivity contribution in [3.8, 4) is 11.1 Å². The Hall–Kier alpha value is -4.08. The fraction of sp³-hybridized carbons (Fsp3) is 0.269. The van der Waals surface area contributed by atoms with Crippen LogP contribution in [0.2, 0.25) is 0 Å². The van der Waals surface area contributed by atoms with E-state index in [1.54, 1.807) is 30.3 Å². The van der Waals surface area contributed by atoms with Crippen molar-refractivity contribution in [3.05, 3.63) is 77.1 Å². The van der Waals surface area contributed by atoms with E-state index in [0.29, 0.717) is 29.2 Å². The molecule has 2 aromatic carbocycles. The first-order chi connectivity index (χ1) is 17.0. The second-order valence-corrected chi connectivity index (χ2v) is 8.63. The van der Waals surface area contributed by atoms with Crippen molar-refractivity contribution in [1.82, 2.24) is 9.88 Å². The molecule has 0 bridgehead atoms. The zero-order chi connectivity index (χ0) is 26.0. The summed E-state index contributed by atoms with van der Waals surface area (Å²) in [4.78, 5) is 21.0. The fourth-order valence-corrected chi connectivity index (χ4v) is 4.07. The number of amides is 1. The van der Waals surface area contributed by atoms with Gasteiger partial charge < -0.3 is 20.9 Å². The zero-order valence-corrected chi connectivity index (χ0v) is 20.1. The standard InChI is InChI=1S/C26H27F3N6O/c1-4-31-25(33-22-12-20-16(3)32-24(36)21(20)11-15(22)2)34-23(30)18-7-5-17(6-8-18)19-9-10-35(13-19)14-26(27,28)29/h5-13,16H,4,14H2,1-3H3,(H,32,36)(H3,30,31,33,34). The Labute approximate surface area is 206 Å². The number of benzene rings is 2. The van der Waals surface area contributed by atoms with Gasteiger partial charge in [0.2, 0.25) is 5.96 Å². The lowest BCUT2D eigenvalue weighted by Crippen LogP contribution is -2.20. The molecule has 0 saturated carbocycles. The monoisotopic (exact) mass is 496 g/mol. The molecule has 1 atom stereocenters. The van der Waals surface area contributed by atoms with Gasteiger partial charge in [0.25, 0.3) is 5.91 Å². The van der Waals surface area contributed by atoms with Gasteiger partial charge in [-0.15, -0.1) is 0 Å². The molecule has 0 fully saturated rings. The topological polar surface area (TPSA) is 96.8 Å². The molecule has 1 aromatic heterocycles. The number of amidine groups is 1. The molecule has 1 aliphatic rings. The van der Waals surface area contributed by atoms with Crippen LogP contribution >= 0.6 is 0 Å². The summed E-state index contributed by atoms with van der Waals surface area (Å²) in [5, 5.41) is 6.12. The molecule has 7 nitrogen and oxygen atoms in total. The minimum atomic E-state index is -4.28. The Kier molecular flexibility index (Phi) is 6.87. The number of nitrogens with one attached hydrogen (secondary N) is 2. The highest BCUT2D eigenvalue weighted by molar-refractivity contribution is 6.09. The number of rotatable bonds is 5. The number of nitrogens with zero attached hydrogens (tertiary/aromatic N) is 3. The summed E-state index contributed by atoms with van der Waals surface area (Å²) in [5.41, 5.74) is 11.6. The van der Waals surface area contributed by atoms with E-state index in [-0.39, 0.29) is 17.8 Å². The van der Waals surface area contributed by atoms with E-state index in [1.165, 1.54) is 12.4 Å². The molecule has 2 heterocycles. The number of hydrogen-bond acceptors (Lipinski definition) is 2. The van der Waals surface area contributed by atoms with Gasteiger partial charge in [0.15, 0.2) is 0 Å². The third kappa shape index (κ3) is 5.59. The van der Waals surface area contributed by atoms with Crippen LogP contribution in [-0.2, 0) is 6.54 Å². The normalized spacial score (nSPS) is 16.2. The summed E-state index contributed by atoms with van der Waals surface area (Å²) < 4.78 is 39.0. The van der Waals surface area contributed by atoms with Gasteiger partial charge in [0, 0.05) is 35.8 Å². The molecule has 1 aliphatic heterocycles. The molecule has 0 saturated heterocycles. The van der Waals surface area contributed by atoms with E-state index in [0.717, 1.165) is 26.9 Å². The van der Waals surface area contributed by atoms with Crippen LogP contribution in [0.1, 0.15) is 46.9 Å². The van der Waals surface area contributed by atoms with E-state index in [9.17, 15) is 18.0 Å². The summed E-state index contributed by atoms with van der Waals surface area (Å²) in [6.07, 6.45) is -1.42. The molecule has 1 unspecified atom stereocenters. The Morgan fingerprint density at radius 2 is 1.89 bits per heavy atom. The third-order valence-electron chi connectivity index (χ3n) is 5.86. The van der Waals surface area contributed by atoms with Gasteiger partial charge in [-0.1, -0.05) is 24.3 Å². The van der Waals surface area contributed by atoms with Gasteiger partial charge in [-0.3, -0.25) is 9.79 Å². The minimum absolute atomic E-state index is 0.0855. The van der Waals surface area contributed by atoms with Crippen LogP contribution in [0.4, 0.5) is 18.9 Å². The molecule has 1 amide bonds. The molecule has 188 valence electrons. The van der Waals surface area contributed by atoms with Gasteiger partial charge in [-0.25, -0.2) is 0 Å². The van der Waals surface area contributed by atoms with Crippen molar-refractivity contribution in [1.29, 1.82) is 0 Å². The average molecular weight is 497 g/mol. The smallest absolute Gasteiger partial charge is 0.383 e. The number of hydrogen-bond donors (Lipinski definition) is 3. The van der Waals surface area contributed by atoms with Gasteiger partial charge in [-0.05, 0) is 61.2 Å². The van der Waals surface area contributed by atoms with Crippen molar-refractivity contribution in [2.75, 3.05) is 11.9 Å². The summed E-state index contributed by atoms with van der Waals surface area (Å²) in [6.45, 7) is 5.15. The minimum Gasteiger partial charge on any atom is -0.383 e. The van der Waals surface area contributed by atoms with Crippen LogP contribution in [0.5, 0.6) is 0 Å². The molecule has 4 N–H and O–H groups in total. The van der Waals surface area contributed by atoms with Crippen LogP contribution in [0.3, 0.4) is 0 Å². The first-order valence-corrected chi connectivity index (χ1v) is 11.5. The number of carbonyl (C=O) groups is 1. The molecule has 10 heteroatoms. The number of aromatic nitrogens is 1. The molecule has 3 aromatic rings. The van der Waals surface area contributed by atoms with Crippen molar-refractivity contribution >= 4 is 23.4 Å². The Bertz CT molecular complexity index is 1340. The molecule has 36 heavy (non-hydrogen) atoms. The fourth-order valence-electron chi connectivity index (χ4n) is 4.07. The summed E-state index contributed by atoms with van der Waals surface area (Å²) in [6, 6.07) is 12.4. The predicted molar refractivity (Wildman–Crippen MR) is 135 cm³/mol. The van der Waals surface area contributed by atoms with E-state index < -0.39 is 12.7 Å². The van der Waals surface area contributed by atoms with E-state index in [4.69, 9.17) is 5.73 Å².